The van der Waals surface area contributed by atoms with Gasteiger partial charge in [0, 0.05) is 23.6 Å². The molecule has 1 heterocycles. The minimum absolute atomic E-state index is 0.106. The summed E-state index contributed by atoms with van der Waals surface area (Å²) in [4.78, 5) is -0.106. The number of benzene rings is 2. The molecule has 1 aromatic heterocycles. The Balaban J connectivity index is 2.00. The van der Waals surface area contributed by atoms with Gasteiger partial charge in [-0.15, -0.1) is 0 Å². The Morgan fingerprint density at radius 2 is 1.59 bits per heavy atom. The van der Waals surface area contributed by atoms with Crippen LogP contribution in [0.3, 0.4) is 0 Å². The van der Waals surface area contributed by atoms with Gasteiger partial charge in [-0.1, -0.05) is 35.9 Å². The first-order valence-corrected chi connectivity index (χ1v) is 10.6. The van der Waals surface area contributed by atoms with Crippen LogP contribution >= 0.6 is 0 Å². The second kappa shape index (κ2) is 7.50. The molecule has 0 spiro atoms. The third-order valence-electron chi connectivity index (χ3n) is 4.93. The Bertz CT molecular complexity index is 1140. The van der Waals surface area contributed by atoms with Crippen molar-refractivity contribution in [2.24, 2.45) is 0 Å². The van der Waals surface area contributed by atoms with E-state index in [0.717, 1.165) is 16.5 Å². The van der Waals surface area contributed by atoms with Crippen LogP contribution in [0.4, 0.5) is 13.2 Å². The van der Waals surface area contributed by atoms with Gasteiger partial charge in [0.15, 0.2) is 0 Å². The number of hydrogen-bond donors (Lipinski definition) is 1. The Morgan fingerprint density at radius 1 is 1.00 bits per heavy atom. The Hall–Kier alpha value is -2.32. The molecular weight excluding hydrogens is 401 g/mol. The van der Waals surface area contributed by atoms with Crippen LogP contribution in [0.1, 0.15) is 22.3 Å². The van der Waals surface area contributed by atoms with Crippen molar-refractivity contribution in [2.75, 3.05) is 0 Å². The Kier molecular flexibility index (Phi) is 5.53. The van der Waals surface area contributed by atoms with Crippen molar-refractivity contribution >= 4 is 20.9 Å². The third kappa shape index (κ3) is 4.33. The molecule has 0 aliphatic carbocycles. The lowest BCUT2D eigenvalue weighted by Gasteiger charge is -2.24. The standard InChI is InChI=1S/C21H23F3N2O2S/c1-13-9-14(2)20(15(3)10-13)29(27,28)25-19(21(22,23)24)12-26-11-16(4)17-7-5-6-8-18(17)26/h5-11,19,25H,12H2,1-4H3. The highest BCUT2D eigenvalue weighted by Gasteiger charge is 2.43. The predicted molar refractivity (Wildman–Crippen MR) is 107 cm³/mol. The summed E-state index contributed by atoms with van der Waals surface area (Å²) in [5.74, 6) is 0. The van der Waals surface area contributed by atoms with Gasteiger partial charge in [0.2, 0.25) is 10.0 Å². The van der Waals surface area contributed by atoms with E-state index < -0.39 is 28.8 Å². The molecule has 0 saturated heterocycles. The largest absolute Gasteiger partial charge is 0.406 e. The van der Waals surface area contributed by atoms with Crippen LogP contribution in [0.15, 0.2) is 47.5 Å². The minimum atomic E-state index is -4.75. The zero-order chi connectivity index (χ0) is 21.6. The number of aromatic nitrogens is 1. The predicted octanol–water partition coefficient (Wildman–Crippen LogP) is 4.78. The van der Waals surface area contributed by atoms with E-state index in [9.17, 15) is 21.6 Å². The average molecular weight is 424 g/mol. The van der Waals surface area contributed by atoms with Crippen LogP contribution in [-0.2, 0) is 16.6 Å². The molecule has 156 valence electrons. The van der Waals surface area contributed by atoms with Crippen molar-refractivity contribution in [3.05, 3.63) is 64.8 Å². The summed E-state index contributed by atoms with van der Waals surface area (Å²) in [7, 11) is -4.37. The molecule has 1 N–H and O–H groups in total. The van der Waals surface area contributed by atoms with Gasteiger partial charge in [-0.2, -0.15) is 17.9 Å². The highest BCUT2D eigenvalue weighted by atomic mass is 32.2. The number of aryl methyl sites for hydroxylation is 4. The molecule has 1 unspecified atom stereocenters. The number of nitrogens with zero attached hydrogens (tertiary/aromatic N) is 1. The van der Waals surface area contributed by atoms with E-state index in [1.54, 1.807) is 44.3 Å². The van der Waals surface area contributed by atoms with E-state index in [0.29, 0.717) is 16.6 Å². The van der Waals surface area contributed by atoms with E-state index in [2.05, 4.69) is 0 Å². The first-order valence-electron chi connectivity index (χ1n) is 9.11. The quantitative estimate of drug-likeness (QED) is 0.641. The lowest BCUT2D eigenvalue weighted by atomic mass is 10.1. The van der Waals surface area contributed by atoms with Crippen molar-refractivity contribution in [1.82, 2.24) is 9.29 Å². The van der Waals surface area contributed by atoms with E-state index in [4.69, 9.17) is 0 Å². The fraction of sp³-hybridized carbons (Fsp3) is 0.333. The van der Waals surface area contributed by atoms with Crippen molar-refractivity contribution in [2.45, 2.75) is 51.4 Å². The van der Waals surface area contributed by atoms with E-state index in [1.165, 1.54) is 4.57 Å². The maximum atomic E-state index is 13.8. The topological polar surface area (TPSA) is 51.1 Å². The van der Waals surface area contributed by atoms with Gasteiger partial charge in [-0.25, -0.2) is 8.42 Å². The number of sulfonamides is 1. The lowest BCUT2D eigenvalue weighted by Crippen LogP contribution is -2.48. The SMILES string of the molecule is Cc1cc(C)c(S(=O)(=O)NC(Cn2cc(C)c3ccccc32)C(F)(F)F)c(C)c1. The van der Waals surface area contributed by atoms with Gasteiger partial charge >= 0.3 is 6.18 Å². The number of rotatable bonds is 5. The zero-order valence-corrected chi connectivity index (χ0v) is 17.4. The maximum Gasteiger partial charge on any atom is 0.406 e. The molecule has 0 amide bonds. The Morgan fingerprint density at radius 3 is 2.17 bits per heavy atom. The fourth-order valence-electron chi connectivity index (χ4n) is 3.82. The smallest absolute Gasteiger partial charge is 0.345 e. The molecule has 0 aliphatic heterocycles. The average Bonchev–Trinajstić information content (AvgIpc) is 2.88. The van der Waals surface area contributed by atoms with E-state index in [-0.39, 0.29) is 4.90 Å². The monoisotopic (exact) mass is 424 g/mol. The first kappa shape index (κ1) is 21.4. The molecular formula is C21H23F3N2O2S. The molecule has 29 heavy (non-hydrogen) atoms. The summed E-state index contributed by atoms with van der Waals surface area (Å²) in [6.07, 6.45) is -3.14. The Labute approximate surface area is 168 Å². The van der Waals surface area contributed by atoms with Gasteiger partial charge in [0.25, 0.3) is 0 Å². The van der Waals surface area contributed by atoms with Gasteiger partial charge in [-0.05, 0) is 50.5 Å². The van der Waals surface area contributed by atoms with Gasteiger partial charge in [0.05, 0.1) is 4.90 Å². The summed E-state index contributed by atoms with van der Waals surface area (Å²) in [5.41, 5.74) is 3.13. The molecule has 0 bridgehead atoms. The van der Waals surface area contributed by atoms with Crippen LogP contribution in [0.25, 0.3) is 10.9 Å². The minimum Gasteiger partial charge on any atom is -0.345 e. The van der Waals surface area contributed by atoms with Crippen LogP contribution in [0.5, 0.6) is 0 Å². The summed E-state index contributed by atoms with van der Waals surface area (Å²) >= 11 is 0. The molecule has 2 aromatic carbocycles. The third-order valence-corrected chi connectivity index (χ3v) is 6.71. The highest BCUT2D eigenvalue weighted by molar-refractivity contribution is 7.89. The van der Waals surface area contributed by atoms with Crippen molar-refractivity contribution in [3.63, 3.8) is 0 Å². The molecule has 4 nitrogen and oxygen atoms in total. The summed E-state index contributed by atoms with van der Waals surface area (Å²) in [5, 5.41) is 0.835. The molecule has 3 aromatic rings. The van der Waals surface area contributed by atoms with E-state index >= 15 is 0 Å². The number of hydrogen-bond acceptors (Lipinski definition) is 2. The number of halogens is 3. The normalized spacial score (nSPS) is 13.8. The van der Waals surface area contributed by atoms with Gasteiger partial charge in [-0.3, -0.25) is 0 Å². The van der Waals surface area contributed by atoms with Gasteiger partial charge in [0.1, 0.15) is 6.04 Å². The molecule has 0 fully saturated rings. The number of nitrogens with one attached hydrogen (secondary N) is 1. The number of alkyl halides is 3. The molecule has 0 aliphatic rings. The zero-order valence-electron chi connectivity index (χ0n) is 16.6. The summed E-state index contributed by atoms with van der Waals surface area (Å²) in [6, 6.07) is 8.13. The molecule has 3 rings (SSSR count). The summed E-state index contributed by atoms with van der Waals surface area (Å²) < 4.78 is 70.5. The number of fused-ring (bicyclic) bond motifs is 1. The van der Waals surface area contributed by atoms with Crippen LogP contribution in [0.2, 0.25) is 0 Å². The maximum absolute atomic E-state index is 13.8. The molecule has 8 heteroatoms. The molecule has 0 radical (unpaired) electrons. The molecule has 0 saturated carbocycles. The molecule has 1 atom stereocenters. The summed E-state index contributed by atoms with van der Waals surface area (Å²) in [6.45, 7) is 6.23. The second-order valence-electron chi connectivity index (χ2n) is 7.42. The van der Waals surface area contributed by atoms with Crippen LogP contribution in [-0.4, -0.2) is 25.2 Å². The van der Waals surface area contributed by atoms with Crippen molar-refractivity contribution in [1.29, 1.82) is 0 Å². The van der Waals surface area contributed by atoms with Crippen LogP contribution < -0.4 is 4.72 Å². The van der Waals surface area contributed by atoms with E-state index in [1.807, 2.05) is 30.7 Å². The first-order chi connectivity index (χ1) is 13.4. The van der Waals surface area contributed by atoms with Gasteiger partial charge < -0.3 is 4.57 Å². The van der Waals surface area contributed by atoms with Crippen LogP contribution in [0, 0.1) is 27.7 Å². The fourth-order valence-corrected chi connectivity index (χ4v) is 5.49. The lowest BCUT2D eigenvalue weighted by molar-refractivity contribution is -0.154. The second-order valence-corrected chi connectivity index (χ2v) is 9.08. The number of para-hydroxylation sites is 1. The van der Waals surface area contributed by atoms with Crippen molar-refractivity contribution in [3.8, 4) is 0 Å². The highest BCUT2D eigenvalue weighted by Crippen LogP contribution is 2.28. The van der Waals surface area contributed by atoms with Crippen molar-refractivity contribution < 1.29 is 21.6 Å².